The zero-order valence-corrected chi connectivity index (χ0v) is 20.3. The van der Waals surface area contributed by atoms with Gasteiger partial charge in [-0.2, -0.15) is 5.10 Å². The molecule has 3 amide bonds. The van der Waals surface area contributed by atoms with E-state index < -0.39 is 6.04 Å². The Balaban J connectivity index is 1.30. The standard InChI is InChI=1S/C28H31N5O3/c34-26(29-19-21-10-3-1-4-11-21)24-14-7-8-16-32(24)27(35)23-18-25-28(36)31(15-9-17-33(25)30-23)20-22-12-5-2-6-13-22/h1-6,10-13,18,24H,7-9,14-17,19-20H2,(H,29,34)/t24-/m0/s1. The van der Waals surface area contributed by atoms with E-state index in [1.807, 2.05) is 65.6 Å². The van der Waals surface area contributed by atoms with Crippen LogP contribution in [0.25, 0.3) is 0 Å². The summed E-state index contributed by atoms with van der Waals surface area (Å²) in [4.78, 5) is 43.3. The fraction of sp³-hybridized carbons (Fsp3) is 0.357. The number of aryl methyl sites for hydroxylation is 1. The molecule has 8 nitrogen and oxygen atoms in total. The number of aromatic nitrogens is 2. The van der Waals surface area contributed by atoms with Gasteiger partial charge in [0.2, 0.25) is 5.91 Å². The molecule has 2 aliphatic heterocycles. The average molecular weight is 486 g/mol. The number of nitrogens with zero attached hydrogens (tertiary/aromatic N) is 4. The van der Waals surface area contributed by atoms with E-state index in [-0.39, 0.29) is 23.4 Å². The van der Waals surface area contributed by atoms with Crippen LogP contribution in [0, 0.1) is 0 Å². The molecule has 3 aromatic rings. The number of likely N-dealkylation sites (tertiary alicyclic amines) is 1. The molecule has 1 aromatic heterocycles. The Morgan fingerprint density at radius 3 is 2.36 bits per heavy atom. The van der Waals surface area contributed by atoms with Crippen LogP contribution in [0.2, 0.25) is 0 Å². The third kappa shape index (κ3) is 5.17. The number of amides is 3. The third-order valence-electron chi connectivity index (χ3n) is 6.90. The van der Waals surface area contributed by atoms with E-state index in [1.165, 1.54) is 0 Å². The summed E-state index contributed by atoms with van der Waals surface area (Å²) in [6.07, 6.45) is 3.10. The van der Waals surface area contributed by atoms with Crippen LogP contribution >= 0.6 is 0 Å². The van der Waals surface area contributed by atoms with Gasteiger partial charge in [-0.15, -0.1) is 0 Å². The van der Waals surface area contributed by atoms with Gasteiger partial charge in [0.1, 0.15) is 11.7 Å². The van der Waals surface area contributed by atoms with Crippen molar-refractivity contribution in [2.24, 2.45) is 0 Å². The smallest absolute Gasteiger partial charge is 0.275 e. The zero-order chi connectivity index (χ0) is 24.9. The molecular formula is C28H31N5O3. The first-order valence-corrected chi connectivity index (χ1v) is 12.6. The molecule has 0 bridgehead atoms. The van der Waals surface area contributed by atoms with E-state index in [0.29, 0.717) is 44.8 Å². The van der Waals surface area contributed by atoms with Gasteiger partial charge in [0.15, 0.2) is 5.69 Å². The van der Waals surface area contributed by atoms with Crippen LogP contribution in [0.4, 0.5) is 0 Å². The zero-order valence-electron chi connectivity index (χ0n) is 20.3. The fourth-order valence-electron chi connectivity index (χ4n) is 4.99. The second-order valence-electron chi connectivity index (χ2n) is 9.42. The summed E-state index contributed by atoms with van der Waals surface area (Å²) >= 11 is 0. The van der Waals surface area contributed by atoms with Gasteiger partial charge >= 0.3 is 0 Å². The molecule has 186 valence electrons. The van der Waals surface area contributed by atoms with E-state index in [2.05, 4.69) is 10.4 Å². The predicted molar refractivity (Wildman–Crippen MR) is 135 cm³/mol. The number of carbonyl (C=O) groups excluding carboxylic acids is 3. The monoisotopic (exact) mass is 485 g/mol. The maximum absolute atomic E-state index is 13.5. The Kier molecular flexibility index (Phi) is 7.11. The van der Waals surface area contributed by atoms with Crippen LogP contribution in [-0.4, -0.2) is 56.4 Å². The minimum atomic E-state index is -0.540. The van der Waals surface area contributed by atoms with E-state index >= 15 is 0 Å². The lowest BCUT2D eigenvalue weighted by molar-refractivity contribution is -0.126. The highest BCUT2D eigenvalue weighted by Crippen LogP contribution is 2.22. The van der Waals surface area contributed by atoms with Crippen LogP contribution in [0.3, 0.4) is 0 Å². The molecule has 36 heavy (non-hydrogen) atoms. The van der Waals surface area contributed by atoms with Crippen LogP contribution in [0.5, 0.6) is 0 Å². The van der Waals surface area contributed by atoms with Crippen molar-refractivity contribution >= 4 is 17.7 Å². The van der Waals surface area contributed by atoms with E-state index in [1.54, 1.807) is 15.6 Å². The number of fused-ring (bicyclic) bond motifs is 1. The fourth-order valence-corrected chi connectivity index (χ4v) is 4.99. The van der Waals surface area contributed by atoms with Gasteiger partial charge < -0.3 is 15.1 Å². The Bertz CT molecular complexity index is 1220. The maximum Gasteiger partial charge on any atom is 0.275 e. The van der Waals surface area contributed by atoms with Gasteiger partial charge in [-0.1, -0.05) is 60.7 Å². The van der Waals surface area contributed by atoms with Crippen LogP contribution in [0.1, 0.15) is 57.8 Å². The molecule has 0 unspecified atom stereocenters. The molecule has 0 spiro atoms. The van der Waals surface area contributed by atoms with Crippen LogP contribution < -0.4 is 5.32 Å². The van der Waals surface area contributed by atoms with Crippen molar-refractivity contribution in [2.45, 2.75) is 51.4 Å². The summed E-state index contributed by atoms with van der Waals surface area (Å²) < 4.78 is 1.65. The molecule has 5 rings (SSSR count). The highest BCUT2D eigenvalue weighted by molar-refractivity contribution is 5.99. The van der Waals surface area contributed by atoms with Crippen molar-refractivity contribution in [2.75, 3.05) is 13.1 Å². The van der Waals surface area contributed by atoms with Gasteiger partial charge in [0.05, 0.1) is 0 Å². The SMILES string of the molecule is O=C(NCc1ccccc1)[C@@H]1CCCCN1C(=O)c1cc2n(n1)CCCN(Cc1ccccc1)C2=O. The molecule has 3 heterocycles. The van der Waals surface area contributed by atoms with Crippen molar-refractivity contribution < 1.29 is 14.4 Å². The van der Waals surface area contributed by atoms with E-state index in [0.717, 1.165) is 30.4 Å². The van der Waals surface area contributed by atoms with Gasteiger partial charge in [0, 0.05) is 38.8 Å². The third-order valence-corrected chi connectivity index (χ3v) is 6.90. The van der Waals surface area contributed by atoms with Crippen LogP contribution in [0.15, 0.2) is 66.7 Å². The van der Waals surface area contributed by atoms with Gasteiger partial charge in [-0.3, -0.25) is 19.1 Å². The highest BCUT2D eigenvalue weighted by atomic mass is 16.2. The summed E-state index contributed by atoms with van der Waals surface area (Å²) in [6.45, 7) is 2.64. The largest absolute Gasteiger partial charge is 0.350 e. The number of piperidine rings is 1. The topological polar surface area (TPSA) is 87.5 Å². The molecular weight excluding hydrogens is 454 g/mol. The summed E-state index contributed by atoms with van der Waals surface area (Å²) in [5.74, 6) is -0.575. The van der Waals surface area contributed by atoms with Gasteiger partial charge in [-0.05, 0) is 36.8 Å². The van der Waals surface area contributed by atoms with E-state index in [4.69, 9.17) is 0 Å². The minimum absolute atomic E-state index is 0.126. The second-order valence-corrected chi connectivity index (χ2v) is 9.42. The molecule has 1 atom stereocenters. The normalized spacial score (nSPS) is 17.9. The molecule has 8 heteroatoms. The lowest BCUT2D eigenvalue weighted by Gasteiger charge is -2.34. The quantitative estimate of drug-likeness (QED) is 0.581. The minimum Gasteiger partial charge on any atom is -0.350 e. The first-order chi connectivity index (χ1) is 17.6. The average Bonchev–Trinajstić information content (AvgIpc) is 3.30. The summed E-state index contributed by atoms with van der Waals surface area (Å²) in [6, 6.07) is 20.7. The first-order valence-electron chi connectivity index (χ1n) is 12.6. The Hall–Kier alpha value is -3.94. The number of rotatable bonds is 6. The maximum atomic E-state index is 13.5. The molecule has 1 fully saturated rings. The number of hydrogen-bond acceptors (Lipinski definition) is 4. The van der Waals surface area contributed by atoms with Gasteiger partial charge in [0.25, 0.3) is 11.8 Å². The summed E-state index contributed by atoms with van der Waals surface area (Å²) in [5.41, 5.74) is 2.72. The van der Waals surface area contributed by atoms with Crippen molar-refractivity contribution in [3.05, 3.63) is 89.2 Å². The Morgan fingerprint density at radius 1 is 0.889 bits per heavy atom. The van der Waals surface area contributed by atoms with Crippen LogP contribution in [-0.2, 0) is 24.4 Å². The Labute approximate surface area is 210 Å². The molecule has 2 aliphatic rings. The Morgan fingerprint density at radius 2 is 1.61 bits per heavy atom. The number of benzene rings is 2. The number of nitrogens with one attached hydrogen (secondary N) is 1. The molecule has 0 radical (unpaired) electrons. The van der Waals surface area contributed by atoms with Crippen molar-refractivity contribution in [1.29, 1.82) is 0 Å². The lowest BCUT2D eigenvalue weighted by atomic mass is 10.0. The molecule has 1 N–H and O–H groups in total. The number of carbonyl (C=O) groups is 3. The number of hydrogen-bond donors (Lipinski definition) is 1. The molecule has 1 saturated heterocycles. The summed E-state index contributed by atoms with van der Waals surface area (Å²) in [7, 11) is 0. The summed E-state index contributed by atoms with van der Waals surface area (Å²) in [5, 5.41) is 7.49. The second kappa shape index (κ2) is 10.8. The van der Waals surface area contributed by atoms with Crippen molar-refractivity contribution in [1.82, 2.24) is 24.9 Å². The van der Waals surface area contributed by atoms with Gasteiger partial charge in [-0.25, -0.2) is 0 Å². The first kappa shape index (κ1) is 23.8. The highest BCUT2D eigenvalue weighted by Gasteiger charge is 2.35. The predicted octanol–water partition coefficient (Wildman–Crippen LogP) is 3.24. The van der Waals surface area contributed by atoms with Crippen molar-refractivity contribution in [3.63, 3.8) is 0 Å². The lowest BCUT2D eigenvalue weighted by Crippen LogP contribution is -2.51. The molecule has 0 aliphatic carbocycles. The molecule has 0 saturated carbocycles. The van der Waals surface area contributed by atoms with Crippen molar-refractivity contribution in [3.8, 4) is 0 Å². The van der Waals surface area contributed by atoms with E-state index in [9.17, 15) is 14.4 Å². The molecule has 2 aromatic carbocycles.